The van der Waals surface area contributed by atoms with Crippen LogP contribution in [0.5, 0.6) is 0 Å². The fourth-order valence-electron chi connectivity index (χ4n) is 2.88. The van der Waals surface area contributed by atoms with E-state index in [0.717, 1.165) is 33.0 Å². The number of rotatable bonds is 2. The highest BCUT2D eigenvalue weighted by molar-refractivity contribution is 9.10. The number of nitrogens with two attached hydrogens (primary N) is 1. The van der Waals surface area contributed by atoms with Gasteiger partial charge in [-0.15, -0.1) is 11.3 Å². The molecule has 2 atom stereocenters. The van der Waals surface area contributed by atoms with Gasteiger partial charge in [-0.3, -0.25) is 0 Å². The van der Waals surface area contributed by atoms with E-state index < -0.39 is 21.1 Å². The first-order valence-corrected chi connectivity index (χ1v) is 10.0. The summed E-state index contributed by atoms with van der Waals surface area (Å²) in [6, 6.07) is 5.54. The Balaban J connectivity index is 2.04. The molecular formula is C14H16BrNO2S2. The highest BCUT2D eigenvalue weighted by Crippen LogP contribution is 2.38. The average molecular weight is 374 g/mol. The van der Waals surface area contributed by atoms with Crippen molar-refractivity contribution < 1.29 is 8.42 Å². The van der Waals surface area contributed by atoms with Gasteiger partial charge in [-0.05, 0) is 51.2 Å². The van der Waals surface area contributed by atoms with E-state index in [2.05, 4.69) is 15.9 Å². The summed E-state index contributed by atoms with van der Waals surface area (Å²) in [5, 5.41) is 2.63. The monoisotopic (exact) mass is 373 g/mol. The minimum Gasteiger partial charge on any atom is -0.323 e. The zero-order chi connectivity index (χ0) is 14.3. The molecule has 1 aromatic heterocycles. The lowest BCUT2D eigenvalue weighted by atomic mass is 10.00. The SMILES string of the molecule is NC(c1csc2c(Br)cccc12)C1CCCCS1(=O)=O. The van der Waals surface area contributed by atoms with Crippen LogP contribution >= 0.6 is 27.3 Å². The van der Waals surface area contributed by atoms with Crippen LogP contribution in [0.2, 0.25) is 0 Å². The summed E-state index contributed by atoms with van der Waals surface area (Å²) >= 11 is 5.14. The molecule has 0 bridgehead atoms. The van der Waals surface area contributed by atoms with E-state index in [-0.39, 0.29) is 5.75 Å². The molecule has 1 fully saturated rings. The summed E-state index contributed by atoms with van der Waals surface area (Å²) in [4.78, 5) is 0. The molecule has 1 aromatic carbocycles. The molecule has 108 valence electrons. The molecule has 2 aromatic rings. The number of halogens is 1. The highest BCUT2D eigenvalue weighted by Gasteiger charge is 2.35. The quantitative estimate of drug-likeness (QED) is 0.873. The second kappa shape index (κ2) is 5.40. The van der Waals surface area contributed by atoms with Crippen LogP contribution < -0.4 is 5.73 Å². The van der Waals surface area contributed by atoms with Gasteiger partial charge >= 0.3 is 0 Å². The molecule has 2 heterocycles. The topological polar surface area (TPSA) is 60.2 Å². The Labute approximate surface area is 131 Å². The summed E-state index contributed by atoms with van der Waals surface area (Å²) in [7, 11) is -3.06. The molecule has 3 rings (SSSR count). The molecule has 6 heteroatoms. The number of benzene rings is 1. The first-order chi connectivity index (χ1) is 9.50. The van der Waals surface area contributed by atoms with E-state index in [1.807, 2.05) is 23.6 Å². The van der Waals surface area contributed by atoms with E-state index in [1.54, 1.807) is 11.3 Å². The van der Waals surface area contributed by atoms with Crippen molar-refractivity contribution in [1.82, 2.24) is 0 Å². The number of fused-ring (bicyclic) bond motifs is 1. The van der Waals surface area contributed by atoms with Crippen LogP contribution in [0.15, 0.2) is 28.1 Å². The lowest BCUT2D eigenvalue weighted by molar-refractivity contribution is 0.506. The van der Waals surface area contributed by atoms with E-state index in [4.69, 9.17) is 5.73 Å². The van der Waals surface area contributed by atoms with Gasteiger partial charge in [0.1, 0.15) is 0 Å². The number of hydrogen-bond acceptors (Lipinski definition) is 4. The Morgan fingerprint density at radius 3 is 2.90 bits per heavy atom. The third kappa shape index (κ3) is 2.43. The Hall–Kier alpha value is -0.430. The zero-order valence-corrected chi connectivity index (χ0v) is 14.1. The van der Waals surface area contributed by atoms with Gasteiger partial charge in [-0.2, -0.15) is 0 Å². The van der Waals surface area contributed by atoms with Crippen LogP contribution in [-0.2, 0) is 9.84 Å². The van der Waals surface area contributed by atoms with Crippen LogP contribution in [0.4, 0.5) is 0 Å². The fourth-order valence-corrected chi connectivity index (χ4v) is 6.58. The van der Waals surface area contributed by atoms with Crippen molar-refractivity contribution >= 4 is 47.2 Å². The minimum atomic E-state index is -3.06. The van der Waals surface area contributed by atoms with Crippen molar-refractivity contribution in [2.75, 3.05) is 5.75 Å². The molecule has 0 aliphatic carbocycles. The third-order valence-corrected chi connectivity index (χ3v) is 8.25. The Morgan fingerprint density at radius 2 is 2.15 bits per heavy atom. The molecule has 1 saturated heterocycles. The average Bonchev–Trinajstić information content (AvgIpc) is 2.83. The Bertz CT molecular complexity index is 739. The molecule has 0 saturated carbocycles. The molecule has 2 N–H and O–H groups in total. The van der Waals surface area contributed by atoms with Crippen molar-refractivity contribution in [2.24, 2.45) is 5.73 Å². The largest absolute Gasteiger partial charge is 0.323 e. The first-order valence-electron chi connectivity index (χ1n) is 6.63. The van der Waals surface area contributed by atoms with Gasteiger partial charge in [-0.1, -0.05) is 18.6 Å². The Morgan fingerprint density at radius 1 is 1.35 bits per heavy atom. The standard InChI is InChI=1S/C14H16BrNO2S2/c15-11-5-3-4-9-10(8-19-14(9)11)13(16)12-6-1-2-7-20(12,17)18/h3-5,8,12-13H,1-2,6-7,16H2. The number of sulfone groups is 1. The highest BCUT2D eigenvalue weighted by atomic mass is 79.9. The predicted octanol–water partition coefficient (Wildman–Crippen LogP) is 3.63. The summed E-state index contributed by atoms with van der Waals surface area (Å²) in [6.07, 6.45) is 2.39. The molecular weight excluding hydrogens is 358 g/mol. The normalized spacial score (nSPS) is 23.8. The summed E-state index contributed by atoms with van der Waals surface area (Å²) in [5.41, 5.74) is 7.28. The van der Waals surface area contributed by atoms with Crippen LogP contribution in [0.1, 0.15) is 30.9 Å². The molecule has 0 spiro atoms. The van der Waals surface area contributed by atoms with E-state index in [0.29, 0.717) is 6.42 Å². The molecule has 20 heavy (non-hydrogen) atoms. The van der Waals surface area contributed by atoms with E-state index >= 15 is 0 Å². The fraction of sp³-hybridized carbons (Fsp3) is 0.429. The summed E-state index contributed by atoms with van der Waals surface area (Å²) < 4.78 is 26.6. The van der Waals surface area contributed by atoms with Gasteiger partial charge in [0, 0.05) is 15.2 Å². The molecule has 0 amide bonds. The zero-order valence-electron chi connectivity index (χ0n) is 10.9. The molecule has 1 aliphatic heterocycles. The van der Waals surface area contributed by atoms with Crippen molar-refractivity contribution in [3.8, 4) is 0 Å². The number of thiophene rings is 1. The van der Waals surface area contributed by atoms with Crippen molar-refractivity contribution in [3.63, 3.8) is 0 Å². The van der Waals surface area contributed by atoms with Crippen LogP contribution in [0.3, 0.4) is 0 Å². The van der Waals surface area contributed by atoms with Crippen molar-refractivity contribution in [2.45, 2.75) is 30.6 Å². The van der Waals surface area contributed by atoms with Crippen LogP contribution in [-0.4, -0.2) is 19.4 Å². The van der Waals surface area contributed by atoms with Gasteiger partial charge in [0.05, 0.1) is 11.0 Å². The lowest BCUT2D eigenvalue weighted by Crippen LogP contribution is -2.37. The summed E-state index contributed by atoms with van der Waals surface area (Å²) in [5.74, 6) is 0.275. The molecule has 1 aliphatic rings. The van der Waals surface area contributed by atoms with Gasteiger partial charge in [0.2, 0.25) is 0 Å². The number of hydrogen-bond donors (Lipinski definition) is 1. The first kappa shape index (κ1) is 14.5. The molecule has 0 radical (unpaired) electrons. The summed E-state index contributed by atoms with van der Waals surface area (Å²) in [6.45, 7) is 0. The van der Waals surface area contributed by atoms with Crippen LogP contribution in [0, 0.1) is 0 Å². The third-order valence-electron chi connectivity index (χ3n) is 3.97. The lowest BCUT2D eigenvalue weighted by Gasteiger charge is -2.27. The predicted molar refractivity (Wildman–Crippen MR) is 87.9 cm³/mol. The van der Waals surface area contributed by atoms with Crippen molar-refractivity contribution in [3.05, 3.63) is 33.6 Å². The molecule has 2 unspecified atom stereocenters. The molecule has 3 nitrogen and oxygen atoms in total. The van der Waals surface area contributed by atoms with Gasteiger partial charge in [0.15, 0.2) is 9.84 Å². The smallest absolute Gasteiger partial charge is 0.155 e. The maximum absolute atomic E-state index is 12.2. The van der Waals surface area contributed by atoms with Crippen molar-refractivity contribution in [1.29, 1.82) is 0 Å². The minimum absolute atomic E-state index is 0.275. The van der Waals surface area contributed by atoms with Crippen LogP contribution in [0.25, 0.3) is 10.1 Å². The van der Waals surface area contributed by atoms with Gasteiger partial charge < -0.3 is 5.73 Å². The van der Waals surface area contributed by atoms with Gasteiger partial charge in [-0.25, -0.2) is 8.42 Å². The second-order valence-electron chi connectivity index (χ2n) is 5.23. The van der Waals surface area contributed by atoms with Gasteiger partial charge in [0.25, 0.3) is 0 Å². The maximum atomic E-state index is 12.2. The second-order valence-corrected chi connectivity index (χ2v) is 9.31. The van der Waals surface area contributed by atoms with E-state index in [1.165, 1.54) is 0 Å². The van der Waals surface area contributed by atoms with E-state index in [9.17, 15) is 8.42 Å². The maximum Gasteiger partial charge on any atom is 0.155 e. The Kier molecular flexibility index (Phi) is 3.92.